The number of hydrogen-bond donors (Lipinski definition) is 2. The highest BCUT2D eigenvalue weighted by Crippen LogP contribution is 2.58. The van der Waals surface area contributed by atoms with E-state index in [-0.39, 0.29) is 5.41 Å². The summed E-state index contributed by atoms with van der Waals surface area (Å²) < 4.78 is 11.8. The molecule has 0 bridgehead atoms. The van der Waals surface area contributed by atoms with Crippen molar-refractivity contribution in [2.45, 2.75) is 18.3 Å². The summed E-state index contributed by atoms with van der Waals surface area (Å²) in [5, 5.41) is 3.04. The van der Waals surface area contributed by atoms with Gasteiger partial charge in [0, 0.05) is 17.2 Å². The number of aromatic nitrogens is 3. The van der Waals surface area contributed by atoms with E-state index < -0.39 is 0 Å². The van der Waals surface area contributed by atoms with Crippen molar-refractivity contribution < 1.29 is 9.47 Å². The van der Waals surface area contributed by atoms with Gasteiger partial charge in [-0.05, 0) is 37.1 Å². The molecule has 0 amide bonds. The van der Waals surface area contributed by atoms with E-state index in [2.05, 4.69) is 20.3 Å². The van der Waals surface area contributed by atoms with Gasteiger partial charge < -0.3 is 20.5 Å². The van der Waals surface area contributed by atoms with Crippen LogP contribution in [0, 0.1) is 0 Å². The summed E-state index contributed by atoms with van der Waals surface area (Å²) in [6.07, 6.45) is 7.11. The molecule has 130 valence electrons. The molecule has 26 heavy (non-hydrogen) atoms. The molecule has 0 radical (unpaired) electrons. The maximum Gasteiger partial charge on any atom is 0.237 e. The summed E-state index contributed by atoms with van der Waals surface area (Å²) >= 11 is 0. The van der Waals surface area contributed by atoms with Crippen molar-refractivity contribution in [1.29, 1.82) is 0 Å². The van der Waals surface area contributed by atoms with Gasteiger partial charge in [0.15, 0.2) is 5.82 Å². The number of hydrogen-bond acceptors (Lipinski definition) is 7. The van der Waals surface area contributed by atoms with Crippen molar-refractivity contribution in [3.05, 3.63) is 54.5 Å². The SMILES string of the molecule is Nc1cccnc1Nc1cnc(Oc2cccc3c2C2(CC2)CO3)cn1. The number of nitrogen functional groups attached to an aromatic ring is 1. The lowest BCUT2D eigenvalue weighted by molar-refractivity contribution is 0.323. The fraction of sp³-hybridized carbons (Fsp3) is 0.211. The minimum absolute atomic E-state index is 0.136. The first-order valence-corrected chi connectivity index (χ1v) is 8.47. The molecule has 7 heteroatoms. The van der Waals surface area contributed by atoms with Crippen LogP contribution in [-0.4, -0.2) is 21.6 Å². The monoisotopic (exact) mass is 347 g/mol. The quantitative estimate of drug-likeness (QED) is 0.746. The number of nitrogens with one attached hydrogen (secondary N) is 1. The molecule has 1 aliphatic carbocycles. The fourth-order valence-corrected chi connectivity index (χ4v) is 3.26. The smallest absolute Gasteiger partial charge is 0.237 e. The van der Waals surface area contributed by atoms with Gasteiger partial charge in [0.05, 0.1) is 24.7 Å². The van der Waals surface area contributed by atoms with E-state index in [1.807, 2.05) is 18.2 Å². The highest BCUT2D eigenvalue weighted by Gasteiger charge is 2.52. The Kier molecular flexibility index (Phi) is 3.21. The molecule has 1 saturated carbocycles. The first kappa shape index (κ1) is 14.9. The minimum atomic E-state index is 0.136. The van der Waals surface area contributed by atoms with E-state index in [1.165, 1.54) is 0 Å². The standard InChI is InChI=1S/C19H17N5O2/c20-12-3-2-8-21-18(12)24-15-9-23-16(10-22-15)26-14-5-1-4-13-17(14)19(6-7-19)11-25-13/h1-5,8-10H,6-7,11,20H2,(H,21,22,24). The van der Waals surface area contributed by atoms with Crippen LogP contribution in [-0.2, 0) is 5.41 Å². The Labute approximate surface area is 150 Å². The van der Waals surface area contributed by atoms with Crippen LogP contribution in [0.15, 0.2) is 48.9 Å². The lowest BCUT2D eigenvalue weighted by Gasteiger charge is -2.12. The van der Waals surface area contributed by atoms with E-state index in [0.717, 1.165) is 36.5 Å². The summed E-state index contributed by atoms with van der Waals surface area (Å²) in [5.41, 5.74) is 7.71. The van der Waals surface area contributed by atoms with Crippen LogP contribution in [0.2, 0.25) is 0 Å². The number of fused-ring (bicyclic) bond motifs is 2. The fourth-order valence-electron chi connectivity index (χ4n) is 3.26. The molecule has 1 aromatic carbocycles. The Balaban J connectivity index is 1.37. The maximum atomic E-state index is 6.00. The molecule has 2 aliphatic rings. The van der Waals surface area contributed by atoms with Crippen molar-refractivity contribution in [3.8, 4) is 17.4 Å². The van der Waals surface area contributed by atoms with E-state index in [0.29, 0.717) is 23.2 Å². The summed E-state index contributed by atoms with van der Waals surface area (Å²) in [7, 11) is 0. The average Bonchev–Trinajstić information content (AvgIpc) is 3.34. The zero-order valence-corrected chi connectivity index (χ0v) is 14.0. The Morgan fingerprint density at radius 1 is 1.08 bits per heavy atom. The van der Waals surface area contributed by atoms with Crippen molar-refractivity contribution in [3.63, 3.8) is 0 Å². The van der Waals surface area contributed by atoms with Gasteiger partial charge in [0.1, 0.15) is 17.3 Å². The van der Waals surface area contributed by atoms with Gasteiger partial charge in [-0.15, -0.1) is 0 Å². The third-order valence-corrected chi connectivity index (χ3v) is 4.80. The van der Waals surface area contributed by atoms with E-state index >= 15 is 0 Å². The van der Waals surface area contributed by atoms with E-state index in [9.17, 15) is 0 Å². The van der Waals surface area contributed by atoms with Gasteiger partial charge in [-0.25, -0.2) is 15.0 Å². The minimum Gasteiger partial charge on any atom is -0.492 e. The second-order valence-corrected chi connectivity index (χ2v) is 6.61. The number of rotatable bonds is 4. The topological polar surface area (TPSA) is 95.2 Å². The Bertz CT molecular complexity index is 970. The number of ether oxygens (including phenoxy) is 2. The predicted molar refractivity (Wildman–Crippen MR) is 96.9 cm³/mol. The van der Waals surface area contributed by atoms with E-state index in [1.54, 1.807) is 30.7 Å². The van der Waals surface area contributed by atoms with Gasteiger partial charge in [0.2, 0.25) is 5.88 Å². The number of nitrogens with zero attached hydrogens (tertiary/aromatic N) is 3. The van der Waals surface area contributed by atoms with Crippen molar-refractivity contribution >= 4 is 17.3 Å². The van der Waals surface area contributed by atoms with E-state index in [4.69, 9.17) is 15.2 Å². The third-order valence-electron chi connectivity index (χ3n) is 4.80. The molecule has 7 nitrogen and oxygen atoms in total. The van der Waals surface area contributed by atoms with Crippen LogP contribution < -0.4 is 20.5 Å². The Morgan fingerprint density at radius 2 is 2.00 bits per heavy atom. The van der Waals surface area contributed by atoms with Crippen LogP contribution >= 0.6 is 0 Å². The summed E-state index contributed by atoms with van der Waals surface area (Å²) in [6, 6.07) is 9.42. The first-order valence-electron chi connectivity index (χ1n) is 8.47. The lowest BCUT2D eigenvalue weighted by Crippen LogP contribution is -2.08. The van der Waals surface area contributed by atoms with Crippen molar-refractivity contribution in [2.24, 2.45) is 0 Å². The summed E-state index contributed by atoms with van der Waals surface area (Å²) in [4.78, 5) is 12.8. The van der Waals surface area contributed by atoms with Crippen molar-refractivity contribution in [2.75, 3.05) is 17.7 Å². The number of benzene rings is 1. The molecular formula is C19H17N5O2. The number of anilines is 3. The Morgan fingerprint density at radius 3 is 2.77 bits per heavy atom. The molecular weight excluding hydrogens is 330 g/mol. The average molecular weight is 347 g/mol. The van der Waals surface area contributed by atoms with Gasteiger partial charge in [-0.3, -0.25) is 0 Å². The molecule has 3 heterocycles. The van der Waals surface area contributed by atoms with Gasteiger partial charge in [-0.2, -0.15) is 0 Å². The summed E-state index contributed by atoms with van der Waals surface area (Å²) in [5.74, 6) is 3.23. The van der Waals surface area contributed by atoms with Crippen LogP contribution in [0.4, 0.5) is 17.3 Å². The first-order chi connectivity index (χ1) is 12.7. The van der Waals surface area contributed by atoms with Gasteiger partial charge in [0.25, 0.3) is 0 Å². The van der Waals surface area contributed by atoms with Crippen molar-refractivity contribution in [1.82, 2.24) is 15.0 Å². The largest absolute Gasteiger partial charge is 0.492 e. The maximum absolute atomic E-state index is 6.00. The van der Waals surface area contributed by atoms with Crippen LogP contribution in [0.5, 0.6) is 17.4 Å². The molecule has 1 spiro atoms. The Hall–Kier alpha value is -3.35. The molecule has 3 N–H and O–H groups in total. The molecule has 0 atom stereocenters. The van der Waals surface area contributed by atoms with Gasteiger partial charge in [-0.1, -0.05) is 6.07 Å². The molecule has 2 aromatic heterocycles. The molecule has 1 fully saturated rings. The zero-order chi connectivity index (χ0) is 17.6. The zero-order valence-electron chi connectivity index (χ0n) is 14.0. The second kappa shape index (κ2) is 5.59. The number of nitrogens with two attached hydrogens (primary N) is 1. The molecule has 3 aromatic rings. The highest BCUT2D eigenvalue weighted by atomic mass is 16.5. The molecule has 0 saturated heterocycles. The van der Waals surface area contributed by atoms with Crippen LogP contribution in [0.25, 0.3) is 0 Å². The second-order valence-electron chi connectivity index (χ2n) is 6.61. The predicted octanol–water partition coefficient (Wildman–Crippen LogP) is 3.41. The normalized spacial score (nSPS) is 16.0. The molecule has 1 aliphatic heterocycles. The number of pyridine rings is 1. The van der Waals surface area contributed by atoms with Crippen LogP contribution in [0.1, 0.15) is 18.4 Å². The highest BCUT2D eigenvalue weighted by molar-refractivity contribution is 5.66. The van der Waals surface area contributed by atoms with Gasteiger partial charge >= 0.3 is 0 Å². The summed E-state index contributed by atoms with van der Waals surface area (Å²) in [6.45, 7) is 0.739. The molecule has 0 unspecified atom stereocenters. The van der Waals surface area contributed by atoms with Crippen LogP contribution in [0.3, 0.4) is 0 Å². The third kappa shape index (κ3) is 2.48. The lowest BCUT2D eigenvalue weighted by atomic mass is 9.97. The molecule has 5 rings (SSSR count).